The Bertz CT molecular complexity index is 769. The summed E-state index contributed by atoms with van der Waals surface area (Å²) in [5.41, 5.74) is 0.725. The van der Waals surface area contributed by atoms with E-state index in [0.29, 0.717) is 17.0 Å². The number of pyridine rings is 2. The first-order valence-electron chi connectivity index (χ1n) is 7.71. The lowest BCUT2D eigenvalue weighted by Gasteiger charge is -2.36. The number of methoxy groups -OCH3 is 2. The molecule has 0 amide bonds. The van der Waals surface area contributed by atoms with Crippen molar-refractivity contribution in [3.05, 3.63) is 24.2 Å². The Labute approximate surface area is 143 Å². The number of carbonyl (C=O) groups is 1. The number of hydrogen-bond donors (Lipinski definition) is 0. The molecular weight excluding hydrogens is 324 g/mol. The molecule has 2 aromatic rings. The average Bonchev–Trinajstić information content (AvgIpc) is 2.52. The second-order valence-corrected chi connectivity index (χ2v) is 11.8. The van der Waals surface area contributed by atoms with Gasteiger partial charge in [-0.15, -0.1) is 0 Å². The summed E-state index contributed by atoms with van der Waals surface area (Å²) in [7, 11) is 0.707. The van der Waals surface area contributed by atoms with E-state index in [1.54, 1.807) is 19.5 Å². The first kappa shape index (κ1) is 18.2. The van der Waals surface area contributed by atoms with Gasteiger partial charge in [-0.1, -0.05) is 20.8 Å². The van der Waals surface area contributed by atoms with Crippen molar-refractivity contribution in [3.8, 4) is 11.5 Å². The summed E-state index contributed by atoms with van der Waals surface area (Å²) in [6, 6.07) is 1.81. The van der Waals surface area contributed by atoms with E-state index in [1.165, 1.54) is 7.11 Å². The van der Waals surface area contributed by atoms with Crippen LogP contribution in [0.3, 0.4) is 0 Å². The van der Waals surface area contributed by atoms with E-state index in [2.05, 4.69) is 43.8 Å². The molecule has 2 rings (SSSR count). The highest BCUT2D eigenvalue weighted by atomic mass is 28.4. The Hall–Kier alpha value is -2.15. The van der Waals surface area contributed by atoms with Crippen LogP contribution in [0.2, 0.25) is 18.1 Å². The van der Waals surface area contributed by atoms with Crippen molar-refractivity contribution in [1.29, 1.82) is 0 Å². The van der Waals surface area contributed by atoms with Crippen LogP contribution < -0.4 is 9.16 Å². The molecule has 2 heterocycles. The SMILES string of the molecule is COC(=O)c1ncc2cc(OC)cnc2c1O[Si](C)(C)C(C)(C)C. The van der Waals surface area contributed by atoms with E-state index in [9.17, 15) is 4.79 Å². The number of aromatic nitrogens is 2. The van der Waals surface area contributed by atoms with Crippen LogP contribution in [0.25, 0.3) is 10.9 Å². The van der Waals surface area contributed by atoms with Crippen LogP contribution in [0.15, 0.2) is 18.5 Å². The van der Waals surface area contributed by atoms with E-state index in [4.69, 9.17) is 13.9 Å². The highest BCUT2D eigenvalue weighted by molar-refractivity contribution is 6.74. The third kappa shape index (κ3) is 3.35. The average molecular weight is 348 g/mol. The first-order valence-corrected chi connectivity index (χ1v) is 10.6. The van der Waals surface area contributed by atoms with Gasteiger partial charge in [0.2, 0.25) is 0 Å². The Morgan fingerprint density at radius 3 is 2.33 bits per heavy atom. The molecule has 0 fully saturated rings. The lowest BCUT2D eigenvalue weighted by Crippen LogP contribution is -2.44. The van der Waals surface area contributed by atoms with Crippen LogP contribution in [0.4, 0.5) is 0 Å². The van der Waals surface area contributed by atoms with Crippen molar-refractivity contribution in [2.75, 3.05) is 14.2 Å². The predicted octanol–water partition coefficient (Wildman–Crippen LogP) is 3.81. The molecule has 6 nitrogen and oxygen atoms in total. The van der Waals surface area contributed by atoms with Gasteiger partial charge in [0.1, 0.15) is 11.3 Å². The molecule has 7 heteroatoms. The lowest BCUT2D eigenvalue weighted by atomic mass is 10.2. The topological polar surface area (TPSA) is 70.5 Å². The van der Waals surface area contributed by atoms with Gasteiger partial charge in [-0.3, -0.25) is 0 Å². The van der Waals surface area contributed by atoms with Gasteiger partial charge >= 0.3 is 5.97 Å². The molecule has 130 valence electrons. The minimum atomic E-state index is -2.19. The molecule has 0 spiro atoms. The smallest absolute Gasteiger partial charge is 0.360 e. The summed E-state index contributed by atoms with van der Waals surface area (Å²) in [5.74, 6) is 0.463. The van der Waals surface area contributed by atoms with Gasteiger partial charge in [0.25, 0.3) is 8.32 Å². The van der Waals surface area contributed by atoms with Gasteiger partial charge in [0, 0.05) is 11.6 Å². The molecule has 0 unspecified atom stereocenters. The highest BCUT2D eigenvalue weighted by Crippen LogP contribution is 2.40. The van der Waals surface area contributed by atoms with Gasteiger partial charge in [-0.05, 0) is 24.2 Å². The normalized spacial score (nSPS) is 12.1. The van der Waals surface area contributed by atoms with Crippen molar-refractivity contribution < 1.29 is 18.7 Å². The Balaban J connectivity index is 2.68. The number of nitrogens with zero attached hydrogens (tertiary/aromatic N) is 2. The van der Waals surface area contributed by atoms with Crippen LogP contribution in [-0.4, -0.2) is 38.5 Å². The lowest BCUT2D eigenvalue weighted by molar-refractivity contribution is 0.0592. The highest BCUT2D eigenvalue weighted by Gasteiger charge is 2.40. The fraction of sp³-hybridized carbons (Fsp3) is 0.471. The summed E-state index contributed by atoms with van der Waals surface area (Å²) in [4.78, 5) is 20.8. The van der Waals surface area contributed by atoms with Gasteiger partial charge in [-0.25, -0.2) is 14.8 Å². The fourth-order valence-corrected chi connectivity index (χ4v) is 2.92. The third-order valence-corrected chi connectivity index (χ3v) is 8.76. The van der Waals surface area contributed by atoms with Crippen molar-refractivity contribution in [3.63, 3.8) is 0 Å². The molecule has 0 N–H and O–H groups in total. The van der Waals surface area contributed by atoms with Gasteiger partial charge < -0.3 is 13.9 Å². The van der Waals surface area contributed by atoms with E-state index in [-0.39, 0.29) is 10.7 Å². The maximum Gasteiger partial charge on any atom is 0.360 e. The number of rotatable bonds is 4. The molecule has 0 saturated heterocycles. The monoisotopic (exact) mass is 348 g/mol. The molecule has 0 aliphatic carbocycles. The van der Waals surface area contributed by atoms with Crippen LogP contribution in [0, 0.1) is 0 Å². The number of hydrogen-bond acceptors (Lipinski definition) is 6. The quantitative estimate of drug-likeness (QED) is 0.618. The molecule has 0 atom stereocenters. The molecule has 24 heavy (non-hydrogen) atoms. The summed E-state index contributed by atoms with van der Waals surface area (Å²) >= 11 is 0. The van der Waals surface area contributed by atoms with E-state index in [0.717, 1.165) is 5.39 Å². The fourth-order valence-electron chi connectivity index (χ4n) is 1.91. The summed E-state index contributed by atoms with van der Waals surface area (Å²) in [6.07, 6.45) is 3.18. The van der Waals surface area contributed by atoms with E-state index >= 15 is 0 Å². The molecular formula is C17H24N2O4Si. The molecule has 0 aliphatic rings. The first-order chi connectivity index (χ1) is 11.1. The summed E-state index contributed by atoms with van der Waals surface area (Å²) in [6.45, 7) is 10.6. The molecule has 0 aliphatic heterocycles. The number of ether oxygens (including phenoxy) is 2. The van der Waals surface area contributed by atoms with Crippen LogP contribution >= 0.6 is 0 Å². The van der Waals surface area contributed by atoms with Crippen molar-refractivity contribution in [1.82, 2.24) is 9.97 Å². The summed E-state index contributed by atoms with van der Waals surface area (Å²) < 4.78 is 16.4. The predicted molar refractivity (Wildman–Crippen MR) is 95.3 cm³/mol. The molecule has 0 bridgehead atoms. The van der Waals surface area contributed by atoms with Gasteiger partial charge in [-0.2, -0.15) is 0 Å². The van der Waals surface area contributed by atoms with Crippen LogP contribution in [0.1, 0.15) is 31.3 Å². The minimum Gasteiger partial charge on any atom is -0.540 e. The van der Waals surface area contributed by atoms with E-state index < -0.39 is 14.3 Å². The zero-order chi connectivity index (χ0) is 18.1. The Kier molecular flexibility index (Phi) is 4.84. The standard InChI is InChI=1S/C17H24N2O4Si/c1-17(2,3)24(6,7)23-15-13-11(8-12(21-4)10-19-13)9-18-14(15)16(20)22-5/h8-10H,1-7H3. The third-order valence-electron chi connectivity index (χ3n) is 4.43. The van der Waals surface area contributed by atoms with Crippen molar-refractivity contribution in [2.24, 2.45) is 0 Å². The molecule has 2 aromatic heterocycles. The number of fused-ring (bicyclic) bond motifs is 1. The number of esters is 1. The molecule has 0 saturated carbocycles. The van der Waals surface area contributed by atoms with E-state index in [1.807, 2.05) is 6.07 Å². The number of carbonyl (C=O) groups excluding carboxylic acids is 1. The maximum atomic E-state index is 12.1. The maximum absolute atomic E-state index is 12.1. The summed E-state index contributed by atoms with van der Waals surface area (Å²) in [5, 5.41) is 0.713. The van der Waals surface area contributed by atoms with Crippen LogP contribution in [-0.2, 0) is 4.74 Å². The Morgan fingerprint density at radius 2 is 1.79 bits per heavy atom. The van der Waals surface area contributed by atoms with Gasteiger partial charge in [0.05, 0.1) is 20.4 Å². The molecule has 0 aromatic carbocycles. The zero-order valence-corrected chi connectivity index (χ0v) is 16.3. The van der Waals surface area contributed by atoms with Crippen molar-refractivity contribution in [2.45, 2.75) is 38.9 Å². The minimum absolute atomic E-state index is 0.0327. The van der Waals surface area contributed by atoms with Crippen LogP contribution in [0.5, 0.6) is 11.5 Å². The zero-order valence-electron chi connectivity index (χ0n) is 15.3. The second kappa shape index (κ2) is 6.39. The van der Waals surface area contributed by atoms with Gasteiger partial charge in [0.15, 0.2) is 11.4 Å². The Morgan fingerprint density at radius 1 is 1.12 bits per heavy atom. The largest absolute Gasteiger partial charge is 0.540 e. The van der Waals surface area contributed by atoms with Crippen molar-refractivity contribution >= 4 is 25.2 Å². The molecule has 0 radical (unpaired) electrons. The second-order valence-electron chi connectivity index (χ2n) is 7.10.